The lowest BCUT2D eigenvalue weighted by molar-refractivity contribution is 0.185. The first kappa shape index (κ1) is 13.9. The molecule has 0 atom stereocenters. The highest BCUT2D eigenvalue weighted by atomic mass is 79.9. The van der Waals surface area contributed by atoms with Crippen molar-refractivity contribution in [2.24, 2.45) is 0 Å². The van der Waals surface area contributed by atoms with Gasteiger partial charge in [-0.15, -0.1) is 0 Å². The van der Waals surface area contributed by atoms with Crippen molar-refractivity contribution in [3.05, 3.63) is 28.2 Å². The SMILES string of the molecule is COCc1c(Br)cccc1NC1CCCCCC1. The summed E-state index contributed by atoms with van der Waals surface area (Å²) in [6.45, 7) is 0.649. The second-order valence-corrected chi connectivity index (χ2v) is 5.89. The molecule has 1 saturated carbocycles. The topological polar surface area (TPSA) is 21.3 Å². The third-order valence-corrected chi connectivity index (χ3v) is 4.37. The molecule has 0 bridgehead atoms. The van der Waals surface area contributed by atoms with Crippen LogP contribution in [0.5, 0.6) is 0 Å². The number of hydrogen-bond donors (Lipinski definition) is 1. The highest BCUT2D eigenvalue weighted by molar-refractivity contribution is 9.10. The van der Waals surface area contributed by atoms with E-state index in [4.69, 9.17) is 4.74 Å². The van der Waals surface area contributed by atoms with Crippen LogP contribution in [0.3, 0.4) is 0 Å². The molecule has 3 heteroatoms. The Morgan fingerprint density at radius 3 is 2.61 bits per heavy atom. The third-order valence-electron chi connectivity index (χ3n) is 3.62. The Bertz CT molecular complexity index is 373. The molecule has 2 rings (SSSR count). The largest absolute Gasteiger partial charge is 0.382 e. The highest BCUT2D eigenvalue weighted by Gasteiger charge is 2.14. The van der Waals surface area contributed by atoms with Gasteiger partial charge in [0.15, 0.2) is 0 Å². The number of benzene rings is 1. The van der Waals surface area contributed by atoms with Crippen molar-refractivity contribution in [1.82, 2.24) is 0 Å². The van der Waals surface area contributed by atoms with Crippen LogP contribution < -0.4 is 5.32 Å². The van der Waals surface area contributed by atoms with Crippen LogP contribution in [0.2, 0.25) is 0 Å². The summed E-state index contributed by atoms with van der Waals surface area (Å²) in [7, 11) is 1.74. The predicted molar refractivity (Wildman–Crippen MR) is 80.0 cm³/mol. The molecule has 1 aliphatic rings. The van der Waals surface area contributed by atoms with Crippen LogP contribution in [0.1, 0.15) is 44.1 Å². The normalized spacial score (nSPS) is 17.4. The lowest BCUT2D eigenvalue weighted by Crippen LogP contribution is -2.19. The molecule has 1 aromatic rings. The van der Waals surface area contributed by atoms with Gasteiger partial charge >= 0.3 is 0 Å². The quantitative estimate of drug-likeness (QED) is 0.812. The van der Waals surface area contributed by atoms with E-state index in [2.05, 4.69) is 39.4 Å². The van der Waals surface area contributed by atoms with Crippen LogP contribution >= 0.6 is 15.9 Å². The summed E-state index contributed by atoms with van der Waals surface area (Å²) in [5.41, 5.74) is 2.45. The summed E-state index contributed by atoms with van der Waals surface area (Å²) in [6, 6.07) is 6.94. The van der Waals surface area contributed by atoms with E-state index < -0.39 is 0 Å². The fourth-order valence-corrected chi connectivity index (χ4v) is 3.11. The van der Waals surface area contributed by atoms with Crippen molar-refractivity contribution in [3.8, 4) is 0 Å². The molecule has 1 aliphatic carbocycles. The van der Waals surface area contributed by atoms with Crippen LogP contribution in [-0.2, 0) is 11.3 Å². The van der Waals surface area contributed by atoms with Gasteiger partial charge in [-0.05, 0) is 25.0 Å². The summed E-state index contributed by atoms with van der Waals surface area (Å²) in [5, 5.41) is 3.71. The number of ether oxygens (including phenoxy) is 1. The van der Waals surface area contributed by atoms with Crippen molar-refractivity contribution < 1.29 is 4.74 Å². The smallest absolute Gasteiger partial charge is 0.0744 e. The molecule has 1 fully saturated rings. The molecular weight excluding hydrogens is 290 g/mol. The number of methoxy groups -OCH3 is 1. The maximum Gasteiger partial charge on any atom is 0.0744 e. The van der Waals surface area contributed by atoms with Gasteiger partial charge in [0, 0.05) is 28.9 Å². The average molecular weight is 312 g/mol. The van der Waals surface area contributed by atoms with Crippen molar-refractivity contribution >= 4 is 21.6 Å². The molecule has 0 amide bonds. The van der Waals surface area contributed by atoms with E-state index in [9.17, 15) is 0 Å². The molecule has 100 valence electrons. The van der Waals surface area contributed by atoms with Crippen LogP contribution in [0.4, 0.5) is 5.69 Å². The molecule has 1 N–H and O–H groups in total. The van der Waals surface area contributed by atoms with E-state index >= 15 is 0 Å². The molecule has 0 unspecified atom stereocenters. The number of halogens is 1. The monoisotopic (exact) mass is 311 g/mol. The zero-order chi connectivity index (χ0) is 12.8. The van der Waals surface area contributed by atoms with E-state index in [1.54, 1.807) is 7.11 Å². The van der Waals surface area contributed by atoms with Crippen LogP contribution in [0.25, 0.3) is 0 Å². The Balaban J connectivity index is 2.09. The van der Waals surface area contributed by atoms with E-state index in [1.165, 1.54) is 49.8 Å². The molecule has 0 spiro atoms. The van der Waals surface area contributed by atoms with Gasteiger partial charge in [0.2, 0.25) is 0 Å². The molecule has 18 heavy (non-hydrogen) atoms. The average Bonchev–Trinajstić information content (AvgIpc) is 2.62. The molecule has 2 nitrogen and oxygen atoms in total. The van der Waals surface area contributed by atoms with Gasteiger partial charge in [-0.3, -0.25) is 0 Å². The minimum absolute atomic E-state index is 0.623. The summed E-state index contributed by atoms with van der Waals surface area (Å²) in [5.74, 6) is 0. The molecule has 0 radical (unpaired) electrons. The van der Waals surface area contributed by atoms with Crippen molar-refractivity contribution in [3.63, 3.8) is 0 Å². The molecule has 0 saturated heterocycles. The standard InChI is InChI=1S/C15H22BrNO/c1-18-11-13-14(16)9-6-10-15(13)17-12-7-4-2-3-5-8-12/h6,9-10,12,17H,2-5,7-8,11H2,1H3. The number of hydrogen-bond acceptors (Lipinski definition) is 2. The van der Waals surface area contributed by atoms with Crippen LogP contribution in [0, 0.1) is 0 Å². The maximum atomic E-state index is 5.29. The van der Waals surface area contributed by atoms with Gasteiger partial charge in [0.05, 0.1) is 6.61 Å². The van der Waals surface area contributed by atoms with E-state index in [0.717, 1.165) is 4.47 Å². The van der Waals surface area contributed by atoms with Gasteiger partial charge in [0.1, 0.15) is 0 Å². The lowest BCUT2D eigenvalue weighted by Gasteiger charge is -2.20. The zero-order valence-corrected chi connectivity index (χ0v) is 12.6. The van der Waals surface area contributed by atoms with Gasteiger partial charge in [-0.25, -0.2) is 0 Å². The Labute approximate surface area is 118 Å². The third kappa shape index (κ3) is 3.72. The molecule has 0 aliphatic heterocycles. The molecule has 0 aromatic heterocycles. The number of nitrogens with one attached hydrogen (secondary N) is 1. The highest BCUT2D eigenvalue weighted by Crippen LogP contribution is 2.28. The Morgan fingerprint density at radius 1 is 1.22 bits per heavy atom. The lowest BCUT2D eigenvalue weighted by atomic mass is 10.1. The fourth-order valence-electron chi connectivity index (χ4n) is 2.63. The summed E-state index contributed by atoms with van der Waals surface area (Å²) in [4.78, 5) is 0. The first-order valence-electron chi connectivity index (χ1n) is 6.84. The predicted octanol–water partition coefficient (Wildman–Crippen LogP) is 4.73. The van der Waals surface area contributed by atoms with Crippen molar-refractivity contribution in [1.29, 1.82) is 0 Å². The van der Waals surface area contributed by atoms with Crippen molar-refractivity contribution in [2.75, 3.05) is 12.4 Å². The van der Waals surface area contributed by atoms with Gasteiger partial charge in [0.25, 0.3) is 0 Å². The fraction of sp³-hybridized carbons (Fsp3) is 0.600. The Hall–Kier alpha value is -0.540. The summed E-state index contributed by atoms with van der Waals surface area (Å²) >= 11 is 3.61. The molecular formula is C15H22BrNO. The van der Waals surface area contributed by atoms with Crippen LogP contribution in [-0.4, -0.2) is 13.2 Å². The van der Waals surface area contributed by atoms with Crippen LogP contribution in [0.15, 0.2) is 22.7 Å². The second kappa shape index (κ2) is 7.15. The minimum atomic E-state index is 0.623. The van der Waals surface area contributed by atoms with E-state index in [0.29, 0.717) is 12.6 Å². The Kier molecular flexibility index (Phi) is 5.51. The Morgan fingerprint density at radius 2 is 1.94 bits per heavy atom. The first-order valence-corrected chi connectivity index (χ1v) is 7.63. The molecule has 1 aromatic carbocycles. The first-order chi connectivity index (χ1) is 8.81. The second-order valence-electron chi connectivity index (χ2n) is 5.03. The van der Waals surface area contributed by atoms with Gasteiger partial charge < -0.3 is 10.1 Å². The number of rotatable bonds is 4. The zero-order valence-electron chi connectivity index (χ0n) is 11.0. The number of anilines is 1. The van der Waals surface area contributed by atoms with Crippen molar-refractivity contribution in [2.45, 2.75) is 51.2 Å². The minimum Gasteiger partial charge on any atom is -0.382 e. The van der Waals surface area contributed by atoms with Gasteiger partial charge in [-0.1, -0.05) is 47.7 Å². The van der Waals surface area contributed by atoms with Gasteiger partial charge in [-0.2, -0.15) is 0 Å². The summed E-state index contributed by atoms with van der Waals surface area (Å²) in [6.07, 6.45) is 8.07. The van der Waals surface area contributed by atoms with E-state index in [1.807, 2.05) is 0 Å². The summed E-state index contributed by atoms with van der Waals surface area (Å²) < 4.78 is 6.42. The molecule has 0 heterocycles. The maximum absolute atomic E-state index is 5.29. The van der Waals surface area contributed by atoms with E-state index in [-0.39, 0.29) is 0 Å².